The molecule has 7 heteroatoms. The fourth-order valence-electron chi connectivity index (χ4n) is 5.10. The van der Waals surface area contributed by atoms with Crippen molar-refractivity contribution < 1.29 is 9.59 Å². The zero-order valence-corrected chi connectivity index (χ0v) is 20.0. The summed E-state index contributed by atoms with van der Waals surface area (Å²) in [6.45, 7) is 5.87. The Hall–Kier alpha value is -2.05. The molecule has 0 bridgehead atoms. The standard InChI is InChI=1S/C25H35ClN4O2/c1-3-4-5-9-21-16-28(17-24(31)29-14-7-6-8-18(29)2)25(32)23-15-22(27-30(21)23)19-10-12-20(26)13-11-19/h10-13,15,18,21-22,27H,3-9,14,16-17H2,1-2H3/t18-,21?,22?/m0/s1. The summed E-state index contributed by atoms with van der Waals surface area (Å²) in [4.78, 5) is 30.2. The summed E-state index contributed by atoms with van der Waals surface area (Å²) in [6, 6.07) is 8.08. The van der Waals surface area contributed by atoms with Crippen molar-refractivity contribution in [1.82, 2.24) is 20.2 Å². The lowest BCUT2D eigenvalue weighted by atomic mass is 10.0. The van der Waals surface area contributed by atoms with Crippen LogP contribution in [0, 0.1) is 0 Å². The van der Waals surface area contributed by atoms with Crippen LogP contribution in [-0.4, -0.2) is 58.3 Å². The highest BCUT2D eigenvalue weighted by molar-refractivity contribution is 6.30. The lowest BCUT2D eigenvalue weighted by Crippen LogP contribution is -2.59. The zero-order valence-electron chi connectivity index (χ0n) is 19.2. The van der Waals surface area contributed by atoms with E-state index >= 15 is 0 Å². The second kappa shape index (κ2) is 10.3. The van der Waals surface area contributed by atoms with Gasteiger partial charge in [0.2, 0.25) is 5.91 Å². The number of hydrogen-bond acceptors (Lipinski definition) is 4. The second-order valence-corrected chi connectivity index (χ2v) is 9.78. The number of piperazine rings is 1. The van der Waals surface area contributed by atoms with Crippen LogP contribution in [0.1, 0.15) is 70.4 Å². The Labute approximate surface area is 196 Å². The molecule has 174 valence electrons. The second-order valence-electron chi connectivity index (χ2n) is 9.35. The number of likely N-dealkylation sites (tertiary alicyclic amines) is 1. The Balaban J connectivity index is 1.52. The molecule has 1 aromatic rings. The van der Waals surface area contributed by atoms with Crippen LogP contribution in [0.4, 0.5) is 0 Å². The van der Waals surface area contributed by atoms with Crippen LogP contribution in [0.5, 0.6) is 0 Å². The topological polar surface area (TPSA) is 55.9 Å². The first kappa shape index (κ1) is 23.1. The van der Waals surface area contributed by atoms with Gasteiger partial charge in [-0.05, 0) is 56.4 Å². The van der Waals surface area contributed by atoms with E-state index in [-0.39, 0.29) is 36.5 Å². The number of rotatable bonds is 7. The number of amides is 2. The van der Waals surface area contributed by atoms with Crippen molar-refractivity contribution in [1.29, 1.82) is 0 Å². The molecule has 1 N–H and O–H groups in total. The molecule has 0 radical (unpaired) electrons. The van der Waals surface area contributed by atoms with Gasteiger partial charge >= 0.3 is 0 Å². The maximum absolute atomic E-state index is 13.4. The van der Waals surface area contributed by atoms with E-state index in [1.807, 2.05) is 35.2 Å². The third kappa shape index (κ3) is 4.96. The summed E-state index contributed by atoms with van der Waals surface area (Å²) in [5.74, 6) is 0.0193. The van der Waals surface area contributed by atoms with Gasteiger partial charge in [0, 0.05) is 24.2 Å². The molecule has 0 spiro atoms. The van der Waals surface area contributed by atoms with Gasteiger partial charge in [-0.3, -0.25) is 14.6 Å². The third-order valence-electron chi connectivity index (χ3n) is 6.98. The summed E-state index contributed by atoms with van der Waals surface area (Å²) in [5.41, 5.74) is 5.27. The molecule has 2 fully saturated rings. The van der Waals surface area contributed by atoms with E-state index < -0.39 is 0 Å². The number of halogens is 1. The van der Waals surface area contributed by atoms with E-state index in [2.05, 4.69) is 24.3 Å². The largest absolute Gasteiger partial charge is 0.338 e. The van der Waals surface area contributed by atoms with Crippen LogP contribution in [0.25, 0.3) is 0 Å². The van der Waals surface area contributed by atoms with Gasteiger partial charge in [-0.15, -0.1) is 0 Å². The molecule has 32 heavy (non-hydrogen) atoms. The van der Waals surface area contributed by atoms with Gasteiger partial charge < -0.3 is 9.80 Å². The van der Waals surface area contributed by atoms with Crippen LogP contribution in [-0.2, 0) is 9.59 Å². The maximum Gasteiger partial charge on any atom is 0.271 e. The van der Waals surface area contributed by atoms with Crippen molar-refractivity contribution in [2.75, 3.05) is 19.6 Å². The van der Waals surface area contributed by atoms with E-state index in [9.17, 15) is 9.59 Å². The zero-order chi connectivity index (χ0) is 22.7. The molecule has 3 aliphatic rings. The number of piperidine rings is 1. The SMILES string of the molecule is CCCCCC1CN(CC(=O)N2CCCC[C@@H]2C)C(=O)C2=CC(c3ccc(Cl)cc3)NN21. The Morgan fingerprint density at radius 2 is 1.97 bits per heavy atom. The van der Waals surface area contributed by atoms with Crippen LogP contribution >= 0.6 is 11.6 Å². The monoisotopic (exact) mass is 458 g/mol. The molecule has 3 aliphatic heterocycles. The molecule has 3 heterocycles. The van der Waals surface area contributed by atoms with Crippen molar-refractivity contribution in [3.8, 4) is 0 Å². The summed E-state index contributed by atoms with van der Waals surface area (Å²) in [7, 11) is 0. The molecular formula is C25H35ClN4O2. The average Bonchev–Trinajstić information content (AvgIpc) is 3.23. The molecule has 0 aliphatic carbocycles. The van der Waals surface area contributed by atoms with Gasteiger partial charge in [-0.2, -0.15) is 0 Å². The van der Waals surface area contributed by atoms with Gasteiger partial charge in [0.1, 0.15) is 12.2 Å². The molecular weight excluding hydrogens is 424 g/mol. The molecule has 3 atom stereocenters. The Morgan fingerprint density at radius 3 is 2.69 bits per heavy atom. The van der Waals surface area contributed by atoms with Crippen molar-refractivity contribution in [2.45, 2.75) is 76.9 Å². The highest BCUT2D eigenvalue weighted by Crippen LogP contribution is 2.32. The molecule has 4 rings (SSSR count). The van der Waals surface area contributed by atoms with Crippen molar-refractivity contribution in [3.63, 3.8) is 0 Å². The van der Waals surface area contributed by atoms with E-state index in [1.165, 1.54) is 12.8 Å². The maximum atomic E-state index is 13.4. The highest BCUT2D eigenvalue weighted by Gasteiger charge is 2.41. The predicted octanol–water partition coefficient (Wildman–Crippen LogP) is 4.28. The number of nitrogens with zero attached hydrogens (tertiary/aromatic N) is 3. The molecule has 0 aromatic heterocycles. The molecule has 2 saturated heterocycles. The normalized spacial score (nSPS) is 25.7. The molecule has 2 amide bonds. The number of hydrogen-bond donors (Lipinski definition) is 1. The minimum Gasteiger partial charge on any atom is -0.338 e. The Morgan fingerprint density at radius 1 is 1.19 bits per heavy atom. The van der Waals surface area contributed by atoms with E-state index in [0.717, 1.165) is 44.2 Å². The van der Waals surface area contributed by atoms with Gasteiger partial charge in [-0.1, -0.05) is 49.9 Å². The first-order chi connectivity index (χ1) is 15.5. The summed E-state index contributed by atoms with van der Waals surface area (Å²) < 4.78 is 0. The van der Waals surface area contributed by atoms with Crippen molar-refractivity contribution >= 4 is 23.4 Å². The lowest BCUT2D eigenvalue weighted by Gasteiger charge is -2.42. The summed E-state index contributed by atoms with van der Waals surface area (Å²) >= 11 is 6.06. The first-order valence-corrected chi connectivity index (χ1v) is 12.5. The smallest absolute Gasteiger partial charge is 0.271 e. The van der Waals surface area contributed by atoms with Crippen molar-refractivity contribution in [2.24, 2.45) is 0 Å². The number of carbonyl (C=O) groups is 2. The molecule has 0 saturated carbocycles. The van der Waals surface area contributed by atoms with Crippen LogP contribution < -0.4 is 5.43 Å². The van der Waals surface area contributed by atoms with Crippen LogP contribution in [0.15, 0.2) is 36.0 Å². The quantitative estimate of drug-likeness (QED) is 0.619. The number of unbranched alkanes of at least 4 members (excludes halogenated alkanes) is 2. The van der Waals surface area contributed by atoms with Crippen LogP contribution in [0.3, 0.4) is 0 Å². The van der Waals surface area contributed by atoms with E-state index in [4.69, 9.17) is 11.6 Å². The fourth-order valence-corrected chi connectivity index (χ4v) is 5.23. The summed E-state index contributed by atoms with van der Waals surface area (Å²) in [5, 5.41) is 2.75. The number of hydrazine groups is 1. The van der Waals surface area contributed by atoms with E-state index in [1.54, 1.807) is 4.90 Å². The Kier molecular flexibility index (Phi) is 7.41. The van der Waals surface area contributed by atoms with Gasteiger partial charge in [0.15, 0.2) is 0 Å². The van der Waals surface area contributed by atoms with Gasteiger partial charge in [-0.25, -0.2) is 5.43 Å². The molecule has 6 nitrogen and oxygen atoms in total. The number of fused-ring (bicyclic) bond motifs is 1. The molecule has 1 aromatic carbocycles. The minimum atomic E-state index is -0.0716. The predicted molar refractivity (Wildman–Crippen MR) is 127 cm³/mol. The van der Waals surface area contributed by atoms with Crippen LogP contribution in [0.2, 0.25) is 5.02 Å². The van der Waals surface area contributed by atoms with Gasteiger partial charge in [0.25, 0.3) is 5.91 Å². The molecule has 2 unspecified atom stereocenters. The highest BCUT2D eigenvalue weighted by atomic mass is 35.5. The van der Waals surface area contributed by atoms with Crippen molar-refractivity contribution in [3.05, 3.63) is 46.6 Å². The number of benzene rings is 1. The fraction of sp³-hybridized carbons (Fsp3) is 0.600. The lowest BCUT2D eigenvalue weighted by molar-refractivity contribution is -0.144. The minimum absolute atomic E-state index is 0.0567. The number of carbonyl (C=O) groups excluding carboxylic acids is 2. The summed E-state index contributed by atoms with van der Waals surface area (Å²) in [6.07, 6.45) is 9.69. The van der Waals surface area contributed by atoms with Gasteiger partial charge in [0.05, 0.1) is 12.1 Å². The van der Waals surface area contributed by atoms with E-state index in [0.29, 0.717) is 17.3 Å². The average molecular weight is 459 g/mol. The first-order valence-electron chi connectivity index (χ1n) is 12.1. The Bertz CT molecular complexity index is 856. The third-order valence-corrected chi connectivity index (χ3v) is 7.24. The number of nitrogens with one attached hydrogen (secondary N) is 1.